The van der Waals surface area contributed by atoms with Gasteiger partial charge in [-0.1, -0.05) is 42.5 Å². The molecular formula is C21H21N3O3. The maximum Gasteiger partial charge on any atom is 0.322 e. The fraction of sp³-hybridized carbons (Fsp3) is 0.190. The Morgan fingerprint density at radius 3 is 2.41 bits per heavy atom. The first kappa shape index (κ1) is 18.4. The highest BCUT2D eigenvalue weighted by Crippen LogP contribution is 2.25. The second kappa shape index (κ2) is 7.86. The summed E-state index contributed by atoms with van der Waals surface area (Å²) in [5.41, 5.74) is 1.66. The number of nitro benzene ring substituents is 1. The number of urea groups is 1. The number of amides is 2. The first-order valence-corrected chi connectivity index (χ1v) is 8.81. The van der Waals surface area contributed by atoms with Crippen molar-refractivity contribution >= 4 is 28.2 Å². The standard InChI is InChI=1S/C21H21N3O3/c1-3-23(17-11-13-18(14-12-17)24(26)27)21(25)22-15(2)19-10-6-8-16-7-4-5-9-20(16)19/h4-15H,3H2,1-2H3,(H,22,25)/t15-/m1/s1. The molecule has 0 bridgehead atoms. The Morgan fingerprint density at radius 1 is 1.07 bits per heavy atom. The normalized spacial score (nSPS) is 11.8. The van der Waals surface area contributed by atoms with Gasteiger partial charge in [0, 0.05) is 24.4 Å². The van der Waals surface area contributed by atoms with Gasteiger partial charge in [0.15, 0.2) is 0 Å². The molecule has 3 aromatic carbocycles. The van der Waals surface area contributed by atoms with Gasteiger partial charge in [-0.25, -0.2) is 4.79 Å². The van der Waals surface area contributed by atoms with Crippen molar-refractivity contribution in [2.24, 2.45) is 0 Å². The minimum atomic E-state index is -0.456. The van der Waals surface area contributed by atoms with Crippen LogP contribution in [-0.2, 0) is 0 Å². The van der Waals surface area contributed by atoms with Gasteiger partial charge in [0.1, 0.15) is 0 Å². The first-order valence-electron chi connectivity index (χ1n) is 8.81. The molecule has 0 aliphatic heterocycles. The van der Waals surface area contributed by atoms with E-state index in [9.17, 15) is 14.9 Å². The van der Waals surface area contributed by atoms with E-state index in [1.54, 1.807) is 17.0 Å². The smallest absolute Gasteiger partial charge is 0.322 e. The average Bonchev–Trinajstić information content (AvgIpc) is 2.68. The average molecular weight is 363 g/mol. The number of benzene rings is 3. The fourth-order valence-corrected chi connectivity index (χ4v) is 3.17. The van der Waals surface area contributed by atoms with Crippen LogP contribution in [0.5, 0.6) is 0 Å². The van der Waals surface area contributed by atoms with Crippen molar-refractivity contribution in [3.63, 3.8) is 0 Å². The number of nitrogens with one attached hydrogen (secondary N) is 1. The molecule has 0 aliphatic carbocycles. The molecule has 0 aliphatic rings. The predicted octanol–water partition coefficient (Wildman–Crippen LogP) is 5.05. The molecule has 6 heteroatoms. The van der Waals surface area contributed by atoms with E-state index >= 15 is 0 Å². The Hall–Kier alpha value is -3.41. The Kier molecular flexibility index (Phi) is 5.35. The molecule has 0 unspecified atom stereocenters. The van der Waals surface area contributed by atoms with Gasteiger partial charge < -0.3 is 5.32 Å². The Bertz CT molecular complexity index is 965. The van der Waals surface area contributed by atoms with E-state index in [0.717, 1.165) is 16.3 Å². The molecule has 0 radical (unpaired) electrons. The first-order chi connectivity index (χ1) is 13.0. The molecule has 2 amide bonds. The maximum absolute atomic E-state index is 12.8. The van der Waals surface area contributed by atoms with Gasteiger partial charge in [0.05, 0.1) is 11.0 Å². The van der Waals surface area contributed by atoms with Crippen LogP contribution in [-0.4, -0.2) is 17.5 Å². The number of nitrogens with zero attached hydrogens (tertiary/aromatic N) is 2. The Balaban J connectivity index is 1.80. The SMILES string of the molecule is CCN(C(=O)N[C@H](C)c1cccc2ccccc12)c1ccc([N+](=O)[O-])cc1. The highest BCUT2D eigenvalue weighted by atomic mass is 16.6. The van der Waals surface area contributed by atoms with Crippen LogP contribution in [0, 0.1) is 10.1 Å². The van der Waals surface area contributed by atoms with Gasteiger partial charge >= 0.3 is 6.03 Å². The second-order valence-electron chi connectivity index (χ2n) is 6.26. The van der Waals surface area contributed by atoms with Crippen molar-refractivity contribution in [2.45, 2.75) is 19.9 Å². The van der Waals surface area contributed by atoms with E-state index in [0.29, 0.717) is 12.2 Å². The second-order valence-corrected chi connectivity index (χ2v) is 6.26. The van der Waals surface area contributed by atoms with Crippen LogP contribution in [0.4, 0.5) is 16.2 Å². The third-order valence-corrected chi connectivity index (χ3v) is 4.56. The number of hydrogen-bond acceptors (Lipinski definition) is 3. The molecule has 3 rings (SSSR count). The van der Waals surface area contributed by atoms with Gasteiger partial charge in [0.2, 0.25) is 0 Å². The summed E-state index contributed by atoms with van der Waals surface area (Å²) >= 11 is 0. The van der Waals surface area contributed by atoms with Crippen molar-refractivity contribution in [2.75, 3.05) is 11.4 Å². The molecule has 0 heterocycles. The van der Waals surface area contributed by atoms with Crippen molar-refractivity contribution in [3.8, 4) is 0 Å². The van der Waals surface area contributed by atoms with Gasteiger partial charge in [-0.2, -0.15) is 0 Å². The van der Waals surface area contributed by atoms with Gasteiger partial charge in [-0.15, -0.1) is 0 Å². The van der Waals surface area contributed by atoms with Crippen molar-refractivity contribution < 1.29 is 9.72 Å². The van der Waals surface area contributed by atoms with Crippen molar-refractivity contribution in [1.29, 1.82) is 0 Å². The van der Waals surface area contributed by atoms with Crippen LogP contribution in [0.2, 0.25) is 0 Å². The van der Waals surface area contributed by atoms with E-state index in [1.165, 1.54) is 12.1 Å². The summed E-state index contributed by atoms with van der Waals surface area (Å²) in [6.07, 6.45) is 0. The van der Waals surface area contributed by atoms with Crippen LogP contribution in [0.25, 0.3) is 10.8 Å². The molecule has 0 spiro atoms. The molecule has 1 N–H and O–H groups in total. The van der Waals surface area contributed by atoms with Crippen molar-refractivity contribution in [3.05, 3.63) is 82.4 Å². The molecule has 0 aromatic heterocycles. The lowest BCUT2D eigenvalue weighted by Gasteiger charge is -2.24. The van der Waals surface area contributed by atoms with E-state index < -0.39 is 4.92 Å². The summed E-state index contributed by atoms with van der Waals surface area (Å²) in [4.78, 5) is 24.7. The van der Waals surface area contributed by atoms with Crippen LogP contribution in [0.15, 0.2) is 66.7 Å². The van der Waals surface area contributed by atoms with Gasteiger partial charge in [-0.05, 0) is 42.3 Å². The molecule has 6 nitrogen and oxygen atoms in total. The summed E-state index contributed by atoms with van der Waals surface area (Å²) in [6.45, 7) is 4.26. The largest absolute Gasteiger partial charge is 0.331 e. The topological polar surface area (TPSA) is 75.5 Å². The van der Waals surface area contributed by atoms with E-state index in [2.05, 4.69) is 5.32 Å². The van der Waals surface area contributed by atoms with E-state index in [4.69, 9.17) is 0 Å². The van der Waals surface area contributed by atoms with Crippen LogP contribution in [0.1, 0.15) is 25.5 Å². The summed E-state index contributed by atoms with van der Waals surface area (Å²) in [5.74, 6) is 0. The molecule has 0 saturated heterocycles. The van der Waals surface area contributed by atoms with Crippen LogP contribution >= 0.6 is 0 Å². The molecule has 138 valence electrons. The van der Waals surface area contributed by atoms with Gasteiger partial charge in [-0.3, -0.25) is 15.0 Å². The Labute approximate surface area is 157 Å². The minimum absolute atomic E-state index is 0.000616. The molecule has 27 heavy (non-hydrogen) atoms. The summed E-state index contributed by atoms with van der Waals surface area (Å²) < 4.78 is 0. The maximum atomic E-state index is 12.8. The Morgan fingerprint density at radius 2 is 1.74 bits per heavy atom. The van der Waals surface area contributed by atoms with Crippen LogP contribution in [0.3, 0.4) is 0 Å². The summed E-state index contributed by atoms with van der Waals surface area (Å²) in [5, 5.41) is 16.1. The number of nitro groups is 1. The predicted molar refractivity (Wildman–Crippen MR) is 107 cm³/mol. The molecule has 0 fully saturated rings. The minimum Gasteiger partial charge on any atom is -0.331 e. The zero-order chi connectivity index (χ0) is 19.4. The molecule has 0 saturated carbocycles. The number of anilines is 1. The van der Waals surface area contributed by atoms with E-state index in [-0.39, 0.29) is 17.8 Å². The number of rotatable bonds is 5. The number of non-ortho nitro benzene ring substituents is 1. The zero-order valence-electron chi connectivity index (χ0n) is 15.3. The number of carbonyl (C=O) groups excluding carboxylic acids is 1. The molecular weight excluding hydrogens is 342 g/mol. The third kappa shape index (κ3) is 3.89. The monoisotopic (exact) mass is 363 g/mol. The molecule has 1 atom stereocenters. The highest BCUT2D eigenvalue weighted by Gasteiger charge is 2.18. The fourth-order valence-electron chi connectivity index (χ4n) is 3.17. The van der Waals surface area contributed by atoms with E-state index in [1.807, 2.05) is 56.3 Å². The summed E-state index contributed by atoms with van der Waals surface area (Å²) in [7, 11) is 0. The number of fused-ring (bicyclic) bond motifs is 1. The lowest BCUT2D eigenvalue weighted by Crippen LogP contribution is -2.41. The highest BCUT2D eigenvalue weighted by molar-refractivity contribution is 5.93. The van der Waals surface area contributed by atoms with Crippen molar-refractivity contribution in [1.82, 2.24) is 5.32 Å². The molecule has 3 aromatic rings. The lowest BCUT2D eigenvalue weighted by molar-refractivity contribution is -0.384. The quantitative estimate of drug-likeness (QED) is 0.509. The zero-order valence-corrected chi connectivity index (χ0v) is 15.3. The lowest BCUT2D eigenvalue weighted by atomic mass is 10.00. The number of carbonyl (C=O) groups is 1. The van der Waals surface area contributed by atoms with Gasteiger partial charge in [0.25, 0.3) is 5.69 Å². The third-order valence-electron chi connectivity index (χ3n) is 4.56. The summed E-state index contributed by atoms with van der Waals surface area (Å²) in [6, 6.07) is 19.6. The number of hydrogen-bond donors (Lipinski definition) is 1. The van der Waals surface area contributed by atoms with Crippen LogP contribution < -0.4 is 10.2 Å².